The maximum atomic E-state index is 12.4. The van der Waals surface area contributed by atoms with Gasteiger partial charge in [0.15, 0.2) is 12.4 Å². The van der Waals surface area contributed by atoms with Crippen molar-refractivity contribution in [2.75, 3.05) is 19.0 Å². The van der Waals surface area contributed by atoms with E-state index < -0.39 is 71.2 Å². The van der Waals surface area contributed by atoms with Crippen molar-refractivity contribution in [3.05, 3.63) is 0 Å². The summed E-state index contributed by atoms with van der Waals surface area (Å²) in [4.78, 5) is 24.6. The van der Waals surface area contributed by atoms with Crippen molar-refractivity contribution < 1.29 is 56.8 Å². The molecule has 1 heterocycles. The van der Waals surface area contributed by atoms with Crippen LogP contribution in [0.1, 0.15) is 104 Å². The van der Waals surface area contributed by atoms with Gasteiger partial charge in [0.2, 0.25) is 0 Å². The molecule has 3 N–H and O–H groups in total. The average molecular weight is 598 g/mol. The highest BCUT2D eigenvalue weighted by atomic mass is 32.2. The molecule has 0 aromatic carbocycles. The summed E-state index contributed by atoms with van der Waals surface area (Å²) in [5, 5.41) is 30.3. The first-order chi connectivity index (χ1) is 19.0. The fourth-order valence-corrected chi connectivity index (χ4v) is 4.99. The molecule has 0 bridgehead atoms. The Morgan fingerprint density at radius 3 is 1.85 bits per heavy atom. The summed E-state index contributed by atoms with van der Waals surface area (Å²) in [5.74, 6) is -2.13. The van der Waals surface area contributed by atoms with Crippen molar-refractivity contribution in [3.8, 4) is 0 Å². The lowest BCUT2D eigenvalue weighted by Crippen LogP contribution is -2.60. The molecule has 0 amide bonds. The van der Waals surface area contributed by atoms with Crippen LogP contribution in [0.4, 0.5) is 0 Å². The van der Waals surface area contributed by atoms with Gasteiger partial charge in [-0.15, -0.1) is 0 Å². The van der Waals surface area contributed by atoms with Crippen LogP contribution < -0.4 is 0 Å². The van der Waals surface area contributed by atoms with E-state index in [-0.39, 0.29) is 19.4 Å². The molecule has 1 aliphatic rings. The second-order valence-corrected chi connectivity index (χ2v) is 11.9. The number of carbonyl (C=O) groups is 2. The van der Waals surface area contributed by atoms with Gasteiger partial charge in [0.25, 0.3) is 0 Å². The molecule has 40 heavy (non-hydrogen) atoms. The SMILES string of the molecule is CCCCCCCCC(=O)OC[C@@H](CO[C@H]1O[C@H](CS(=O)(=O)[O-])[C@@H](O)[C@H](O)[C@H]1O)OC(=O)CCCCCCCC. The second kappa shape index (κ2) is 20.5. The van der Waals surface area contributed by atoms with Gasteiger partial charge in [-0.05, 0) is 12.8 Å². The number of unbranched alkanes of at least 4 members (excludes halogenated alkanes) is 10. The highest BCUT2D eigenvalue weighted by Gasteiger charge is 2.45. The van der Waals surface area contributed by atoms with Gasteiger partial charge in [-0.25, -0.2) is 8.42 Å². The first-order valence-electron chi connectivity index (χ1n) is 14.6. The molecule has 1 saturated heterocycles. The number of esters is 2. The number of carbonyl (C=O) groups excluding carboxylic acids is 2. The van der Waals surface area contributed by atoms with Gasteiger partial charge in [0, 0.05) is 12.8 Å². The average Bonchev–Trinajstić information content (AvgIpc) is 2.89. The Balaban J connectivity index is 2.67. The maximum absolute atomic E-state index is 12.4. The molecule has 0 aliphatic carbocycles. The summed E-state index contributed by atoms with van der Waals surface area (Å²) in [5.41, 5.74) is 0. The number of aliphatic hydroxyl groups excluding tert-OH is 3. The van der Waals surface area contributed by atoms with Crippen molar-refractivity contribution >= 4 is 22.1 Å². The zero-order valence-electron chi connectivity index (χ0n) is 23.9. The quantitative estimate of drug-likeness (QED) is 0.0939. The summed E-state index contributed by atoms with van der Waals surface area (Å²) in [7, 11) is -4.83. The molecule has 6 atom stereocenters. The molecule has 12 nitrogen and oxygen atoms in total. The Morgan fingerprint density at radius 2 is 1.30 bits per heavy atom. The van der Waals surface area contributed by atoms with Gasteiger partial charge < -0.3 is 38.8 Å². The number of hydrogen-bond donors (Lipinski definition) is 3. The molecular formula is C27H49O12S-. The zero-order chi connectivity index (χ0) is 30.0. The van der Waals surface area contributed by atoms with Crippen molar-refractivity contribution in [2.45, 2.75) is 141 Å². The van der Waals surface area contributed by atoms with E-state index in [0.717, 1.165) is 64.2 Å². The molecule has 0 radical (unpaired) electrons. The first-order valence-corrected chi connectivity index (χ1v) is 16.2. The molecule has 13 heteroatoms. The molecule has 1 fully saturated rings. The number of ether oxygens (including phenoxy) is 4. The monoisotopic (exact) mass is 597 g/mol. The number of hydrogen-bond acceptors (Lipinski definition) is 12. The summed E-state index contributed by atoms with van der Waals surface area (Å²) in [6.45, 7) is 3.50. The van der Waals surface area contributed by atoms with Crippen LogP contribution in [0.2, 0.25) is 0 Å². The van der Waals surface area contributed by atoms with E-state index in [4.69, 9.17) is 18.9 Å². The molecule has 0 saturated carbocycles. The number of aliphatic hydroxyl groups is 3. The van der Waals surface area contributed by atoms with Gasteiger partial charge in [-0.2, -0.15) is 0 Å². The normalized spacial score (nSPS) is 24.0. The highest BCUT2D eigenvalue weighted by molar-refractivity contribution is 7.85. The first kappa shape index (κ1) is 36.7. The molecule has 0 spiro atoms. The fraction of sp³-hybridized carbons (Fsp3) is 0.926. The van der Waals surface area contributed by atoms with Crippen LogP contribution in [0.5, 0.6) is 0 Å². The Bertz CT molecular complexity index is 805. The minimum atomic E-state index is -4.83. The van der Waals surface area contributed by atoms with Gasteiger partial charge in [0.1, 0.15) is 31.0 Å². The van der Waals surface area contributed by atoms with Crippen molar-refractivity contribution in [2.24, 2.45) is 0 Å². The Labute approximate surface area is 238 Å². The maximum Gasteiger partial charge on any atom is 0.306 e. The van der Waals surface area contributed by atoms with E-state index in [9.17, 15) is 37.9 Å². The Kier molecular flexibility index (Phi) is 18.8. The third kappa shape index (κ3) is 16.2. The summed E-state index contributed by atoms with van der Waals surface area (Å²) in [6, 6.07) is 0. The van der Waals surface area contributed by atoms with Gasteiger partial charge >= 0.3 is 11.9 Å². The van der Waals surface area contributed by atoms with Crippen LogP contribution in [0.25, 0.3) is 0 Å². The van der Waals surface area contributed by atoms with E-state index in [1.807, 2.05) is 0 Å². The smallest absolute Gasteiger partial charge is 0.306 e. The van der Waals surface area contributed by atoms with Crippen LogP contribution in [-0.2, 0) is 38.7 Å². The topological polar surface area (TPSA) is 189 Å². The Morgan fingerprint density at radius 1 is 0.775 bits per heavy atom. The van der Waals surface area contributed by atoms with Gasteiger partial charge in [-0.1, -0.05) is 78.1 Å². The second-order valence-electron chi connectivity index (χ2n) is 10.4. The van der Waals surface area contributed by atoms with E-state index in [2.05, 4.69) is 13.8 Å². The van der Waals surface area contributed by atoms with Crippen molar-refractivity contribution in [1.82, 2.24) is 0 Å². The highest BCUT2D eigenvalue weighted by Crippen LogP contribution is 2.23. The molecule has 236 valence electrons. The molecule has 1 rings (SSSR count). The third-order valence-corrected chi connectivity index (χ3v) is 7.42. The predicted molar refractivity (Wildman–Crippen MR) is 144 cm³/mol. The van der Waals surface area contributed by atoms with Gasteiger partial charge in [0.05, 0.1) is 22.5 Å². The lowest BCUT2D eigenvalue weighted by atomic mass is 10.00. The zero-order valence-corrected chi connectivity index (χ0v) is 24.7. The molecule has 0 aromatic heterocycles. The van der Waals surface area contributed by atoms with Crippen molar-refractivity contribution in [1.29, 1.82) is 0 Å². The molecular weight excluding hydrogens is 548 g/mol. The summed E-state index contributed by atoms with van der Waals surface area (Å²) < 4.78 is 54.8. The lowest BCUT2D eigenvalue weighted by molar-refractivity contribution is -0.297. The molecule has 1 aliphatic heterocycles. The Hall–Kier alpha value is -1.35. The minimum absolute atomic E-state index is 0.158. The fourth-order valence-electron chi connectivity index (χ4n) is 4.31. The standard InChI is InChI=1S/C27H50O12S/c1-3-5-7-9-11-13-15-22(28)36-17-20(38-23(29)16-14-12-10-8-6-4-2)18-37-27-26(32)25(31)24(30)21(39-27)19-40(33,34)35/h20-21,24-27,30-32H,3-19H2,1-2H3,(H,33,34,35)/p-1/t20-,21+,24+,25-,26+,27-/m0/s1. The van der Waals surface area contributed by atoms with E-state index in [1.165, 1.54) is 0 Å². The van der Waals surface area contributed by atoms with Crippen LogP contribution in [0, 0.1) is 0 Å². The van der Waals surface area contributed by atoms with Crippen LogP contribution in [0.15, 0.2) is 0 Å². The van der Waals surface area contributed by atoms with Crippen LogP contribution in [-0.4, -0.2) is 96.0 Å². The molecule has 0 unspecified atom stereocenters. The van der Waals surface area contributed by atoms with Gasteiger partial charge in [-0.3, -0.25) is 9.59 Å². The lowest BCUT2D eigenvalue weighted by Gasteiger charge is -2.40. The molecule has 0 aromatic rings. The largest absolute Gasteiger partial charge is 0.748 e. The van der Waals surface area contributed by atoms with E-state index >= 15 is 0 Å². The van der Waals surface area contributed by atoms with E-state index in [0.29, 0.717) is 12.8 Å². The summed E-state index contributed by atoms with van der Waals surface area (Å²) in [6.07, 6.45) is 2.41. The summed E-state index contributed by atoms with van der Waals surface area (Å²) >= 11 is 0. The van der Waals surface area contributed by atoms with E-state index in [1.54, 1.807) is 0 Å². The predicted octanol–water partition coefficient (Wildman–Crippen LogP) is 2.31. The minimum Gasteiger partial charge on any atom is -0.748 e. The van der Waals surface area contributed by atoms with Crippen LogP contribution in [0.3, 0.4) is 0 Å². The van der Waals surface area contributed by atoms with Crippen molar-refractivity contribution in [3.63, 3.8) is 0 Å². The van der Waals surface area contributed by atoms with Crippen LogP contribution >= 0.6 is 0 Å². The number of rotatable bonds is 22. The third-order valence-electron chi connectivity index (χ3n) is 6.68.